The molecule has 7 heteroatoms. The molecule has 0 spiro atoms. The Morgan fingerprint density at radius 1 is 1.35 bits per heavy atom. The van der Waals surface area contributed by atoms with E-state index < -0.39 is 24.0 Å². The lowest BCUT2D eigenvalue weighted by molar-refractivity contribution is -0.141. The molecule has 20 heavy (non-hydrogen) atoms. The number of amides is 1. The Balaban J connectivity index is 1.93. The van der Waals surface area contributed by atoms with Gasteiger partial charge < -0.3 is 19.5 Å². The van der Waals surface area contributed by atoms with E-state index in [1.165, 1.54) is 0 Å². The van der Waals surface area contributed by atoms with Crippen molar-refractivity contribution in [2.45, 2.75) is 18.6 Å². The molecule has 3 rings (SSSR count). The summed E-state index contributed by atoms with van der Waals surface area (Å²) in [6, 6.07) is 4.37. The predicted octanol–water partition coefficient (Wildman–Crippen LogP) is -0.00570. The van der Waals surface area contributed by atoms with Crippen LogP contribution >= 0.6 is 0 Å². The van der Waals surface area contributed by atoms with Crippen molar-refractivity contribution in [2.24, 2.45) is 0 Å². The fourth-order valence-corrected chi connectivity index (χ4v) is 2.46. The third kappa shape index (κ3) is 2.01. The summed E-state index contributed by atoms with van der Waals surface area (Å²) in [5, 5.41) is 18.7. The predicted molar refractivity (Wildman–Crippen MR) is 68.3 cm³/mol. The summed E-state index contributed by atoms with van der Waals surface area (Å²) < 4.78 is 1.69. The Morgan fingerprint density at radius 2 is 2.15 bits per heavy atom. The molecule has 2 aromatic rings. The monoisotopic (exact) mass is 275 g/mol. The van der Waals surface area contributed by atoms with Gasteiger partial charge in [0, 0.05) is 25.4 Å². The second kappa shape index (κ2) is 4.61. The van der Waals surface area contributed by atoms with Crippen LogP contribution in [0.15, 0.2) is 30.6 Å². The Kier molecular flexibility index (Phi) is 2.90. The molecule has 1 aliphatic rings. The smallest absolute Gasteiger partial charge is 0.326 e. The number of nitrogens with zero attached hydrogens (tertiary/aromatic N) is 3. The standard InChI is InChI=1S/C13H13N3O4/c17-8-5-10(13(19)20)16(6-8)12(18)9-7-15-4-2-1-3-11(15)14-9/h1-4,7-8,10,17H,5-6H2,(H,19,20)/t8-,10+/m1/s1. The van der Waals surface area contributed by atoms with Crippen molar-refractivity contribution >= 4 is 17.5 Å². The van der Waals surface area contributed by atoms with E-state index in [9.17, 15) is 14.7 Å². The number of imidazole rings is 1. The maximum absolute atomic E-state index is 12.4. The first-order valence-corrected chi connectivity index (χ1v) is 6.22. The molecule has 3 heterocycles. The van der Waals surface area contributed by atoms with Crippen LogP contribution < -0.4 is 0 Å². The normalized spacial score (nSPS) is 22.4. The topological polar surface area (TPSA) is 95.1 Å². The zero-order chi connectivity index (χ0) is 14.3. The molecule has 1 saturated heterocycles. The minimum absolute atomic E-state index is 0.0175. The number of carboxylic acids is 1. The van der Waals surface area contributed by atoms with Gasteiger partial charge in [0.05, 0.1) is 6.10 Å². The second-order valence-electron chi connectivity index (χ2n) is 4.79. The highest BCUT2D eigenvalue weighted by Gasteiger charge is 2.39. The highest BCUT2D eigenvalue weighted by Crippen LogP contribution is 2.21. The number of carbonyl (C=O) groups is 2. The molecule has 7 nitrogen and oxygen atoms in total. The maximum atomic E-state index is 12.4. The Hall–Kier alpha value is -2.41. The number of carbonyl (C=O) groups excluding carboxylic acids is 1. The molecule has 0 saturated carbocycles. The molecule has 1 fully saturated rings. The summed E-state index contributed by atoms with van der Waals surface area (Å²) in [6.45, 7) is 0.0175. The van der Waals surface area contributed by atoms with E-state index in [0.29, 0.717) is 5.65 Å². The van der Waals surface area contributed by atoms with E-state index in [4.69, 9.17) is 5.11 Å². The summed E-state index contributed by atoms with van der Waals surface area (Å²) in [7, 11) is 0. The lowest BCUT2D eigenvalue weighted by Gasteiger charge is -2.19. The average Bonchev–Trinajstić information content (AvgIpc) is 3.01. The summed E-state index contributed by atoms with van der Waals surface area (Å²) in [5.41, 5.74) is 0.791. The quantitative estimate of drug-likeness (QED) is 0.804. The van der Waals surface area contributed by atoms with Crippen molar-refractivity contribution in [3.63, 3.8) is 0 Å². The van der Waals surface area contributed by atoms with Gasteiger partial charge in [0.2, 0.25) is 0 Å². The van der Waals surface area contributed by atoms with Gasteiger partial charge in [-0.2, -0.15) is 0 Å². The number of aliphatic hydroxyl groups excluding tert-OH is 1. The van der Waals surface area contributed by atoms with Crippen LogP contribution in [0, 0.1) is 0 Å². The van der Waals surface area contributed by atoms with Crippen LogP contribution in [-0.4, -0.2) is 55.1 Å². The molecule has 0 aliphatic carbocycles. The van der Waals surface area contributed by atoms with Crippen LogP contribution in [0.5, 0.6) is 0 Å². The van der Waals surface area contributed by atoms with Crippen molar-refractivity contribution in [3.8, 4) is 0 Å². The molecule has 0 radical (unpaired) electrons. The number of hydrogen-bond acceptors (Lipinski definition) is 4. The molecule has 1 amide bonds. The number of fused-ring (bicyclic) bond motifs is 1. The lowest BCUT2D eigenvalue weighted by Crippen LogP contribution is -2.40. The number of rotatable bonds is 2. The largest absolute Gasteiger partial charge is 0.480 e. The van der Waals surface area contributed by atoms with Gasteiger partial charge in [0.1, 0.15) is 17.4 Å². The zero-order valence-electron chi connectivity index (χ0n) is 10.5. The molecule has 2 atom stereocenters. The van der Waals surface area contributed by atoms with Crippen molar-refractivity contribution in [3.05, 3.63) is 36.3 Å². The molecule has 2 aromatic heterocycles. The van der Waals surface area contributed by atoms with Crippen molar-refractivity contribution in [1.29, 1.82) is 0 Å². The van der Waals surface area contributed by atoms with E-state index >= 15 is 0 Å². The first-order valence-electron chi connectivity index (χ1n) is 6.22. The molecule has 104 valence electrons. The van der Waals surface area contributed by atoms with Crippen molar-refractivity contribution in [2.75, 3.05) is 6.54 Å². The molecule has 0 bridgehead atoms. The van der Waals surface area contributed by atoms with Crippen molar-refractivity contribution < 1.29 is 19.8 Å². The van der Waals surface area contributed by atoms with E-state index in [-0.39, 0.29) is 18.7 Å². The van der Waals surface area contributed by atoms with Gasteiger partial charge in [-0.25, -0.2) is 9.78 Å². The minimum Gasteiger partial charge on any atom is -0.480 e. The minimum atomic E-state index is -1.11. The first kappa shape index (κ1) is 12.6. The number of aliphatic hydroxyl groups is 1. The summed E-state index contributed by atoms with van der Waals surface area (Å²) in [5.74, 6) is -1.59. The fourth-order valence-electron chi connectivity index (χ4n) is 2.46. The van der Waals surface area contributed by atoms with Gasteiger partial charge in [0.15, 0.2) is 0 Å². The number of likely N-dealkylation sites (tertiary alicyclic amines) is 1. The first-order chi connectivity index (χ1) is 9.56. The Morgan fingerprint density at radius 3 is 2.85 bits per heavy atom. The molecule has 2 N–H and O–H groups in total. The third-order valence-corrected chi connectivity index (χ3v) is 3.41. The zero-order valence-corrected chi connectivity index (χ0v) is 10.5. The Labute approximate surface area is 114 Å². The summed E-state index contributed by atoms with van der Waals surface area (Å²) in [4.78, 5) is 28.8. The molecule has 0 unspecified atom stereocenters. The lowest BCUT2D eigenvalue weighted by atomic mass is 10.2. The number of aromatic nitrogens is 2. The highest BCUT2D eigenvalue weighted by molar-refractivity contribution is 5.96. The van der Waals surface area contributed by atoms with Crippen LogP contribution in [0.2, 0.25) is 0 Å². The van der Waals surface area contributed by atoms with E-state index in [2.05, 4.69) is 4.98 Å². The number of carboxylic acid groups (broad SMARTS) is 1. The van der Waals surface area contributed by atoms with Gasteiger partial charge in [-0.3, -0.25) is 4.79 Å². The molecular weight excluding hydrogens is 262 g/mol. The fraction of sp³-hybridized carbons (Fsp3) is 0.308. The molecule has 0 aromatic carbocycles. The van der Waals surface area contributed by atoms with Crippen LogP contribution in [0.1, 0.15) is 16.9 Å². The van der Waals surface area contributed by atoms with Crippen LogP contribution in [0.4, 0.5) is 0 Å². The molecule has 1 aliphatic heterocycles. The van der Waals surface area contributed by atoms with Crippen LogP contribution in [0.25, 0.3) is 5.65 Å². The summed E-state index contributed by atoms with van der Waals surface area (Å²) >= 11 is 0. The van der Waals surface area contributed by atoms with Gasteiger partial charge in [-0.05, 0) is 12.1 Å². The number of pyridine rings is 1. The second-order valence-corrected chi connectivity index (χ2v) is 4.79. The van der Waals surface area contributed by atoms with Gasteiger partial charge in [-0.15, -0.1) is 0 Å². The van der Waals surface area contributed by atoms with E-state index in [1.54, 1.807) is 28.9 Å². The number of hydrogen-bond donors (Lipinski definition) is 2. The van der Waals surface area contributed by atoms with E-state index in [1.807, 2.05) is 6.07 Å². The summed E-state index contributed by atoms with van der Waals surface area (Å²) in [6.07, 6.45) is 2.56. The SMILES string of the molecule is O=C(O)[C@@H]1C[C@@H](O)CN1C(=O)c1cn2ccccc2n1. The highest BCUT2D eigenvalue weighted by atomic mass is 16.4. The van der Waals surface area contributed by atoms with Gasteiger partial charge >= 0.3 is 5.97 Å². The van der Waals surface area contributed by atoms with Crippen molar-refractivity contribution in [1.82, 2.24) is 14.3 Å². The van der Waals surface area contributed by atoms with E-state index in [0.717, 1.165) is 4.90 Å². The number of aliphatic carboxylic acids is 1. The van der Waals surface area contributed by atoms with Gasteiger partial charge in [0.25, 0.3) is 5.91 Å². The maximum Gasteiger partial charge on any atom is 0.326 e. The van der Waals surface area contributed by atoms with Crippen LogP contribution in [0.3, 0.4) is 0 Å². The van der Waals surface area contributed by atoms with Crippen LogP contribution in [-0.2, 0) is 4.79 Å². The molecular formula is C13H13N3O4. The van der Waals surface area contributed by atoms with Gasteiger partial charge in [-0.1, -0.05) is 6.07 Å². The average molecular weight is 275 g/mol. The third-order valence-electron chi connectivity index (χ3n) is 3.41. The Bertz CT molecular complexity index is 648. The number of β-amino-alcohol motifs (C(OH)–C–C–N with tert-alkyl or cyclic N) is 1.